The van der Waals surface area contributed by atoms with Crippen molar-refractivity contribution in [1.82, 2.24) is 0 Å². The van der Waals surface area contributed by atoms with Crippen LogP contribution in [-0.4, -0.2) is 54.8 Å². The molecule has 0 saturated carbocycles. The number of methoxy groups -OCH3 is 1. The van der Waals surface area contributed by atoms with Crippen molar-refractivity contribution in [3.8, 4) is 0 Å². The summed E-state index contributed by atoms with van der Waals surface area (Å²) in [7, 11) is 1.26. The Hall–Kier alpha value is -1.11. The van der Waals surface area contributed by atoms with E-state index in [1.54, 1.807) is 0 Å². The molecule has 6 heteroatoms. The maximum Gasteiger partial charge on any atom is 0.370 e. The van der Waals surface area contributed by atoms with Crippen molar-refractivity contribution >= 4 is 5.97 Å². The van der Waals surface area contributed by atoms with Gasteiger partial charge in [-0.15, -0.1) is 0 Å². The molecule has 0 aromatic rings. The number of ether oxygens (including phenoxy) is 2. The van der Waals surface area contributed by atoms with Crippen molar-refractivity contribution < 1.29 is 29.6 Å². The normalized spacial score (nSPS) is 8.50. The molecule has 0 rings (SSSR count). The number of hydrogen-bond acceptors (Lipinski definition) is 5. The SMILES string of the molecule is C=C(OC)C(=O)O.OCCOCCO. The number of aliphatic hydroxyl groups is 2. The lowest BCUT2D eigenvalue weighted by atomic mass is 10.6. The Morgan fingerprint density at radius 3 is 1.86 bits per heavy atom. The van der Waals surface area contributed by atoms with Gasteiger partial charge in [0.05, 0.1) is 33.5 Å². The summed E-state index contributed by atoms with van der Waals surface area (Å²) < 4.78 is 8.85. The van der Waals surface area contributed by atoms with Crippen LogP contribution in [0.15, 0.2) is 12.3 Å². The van der Waals surface area contributed by atoms with Crippen molar-refractivity contribution in [2.45, 2.75) is 0 Å². The summed E-state index contributed by atoms with van der Waals surface area (Å²) in [5.74, 6) is -1.36. The van der Waals surface area contributed by atoms with Crippen LogP contribution in [0.4, 0.5) is 0 Å². The fourth-order valence-corrected chi connectivity index (χ4v) is 0.318. The van der Waals surface area contributed by atoms with Crippen LogP contribution >= 0.6 is 0 Å². The summed E-state index contributed by atoms with van der Waals surface area (Å²) in [5, 5.41) is 24.1. The number of hydrogen-bond donors (Lipinski definition) is 3. The van der Waals surface area contributed by atoms with Gasteiger partial charge in [0, 0.05) is 0 Å². The number of carboxylic acids is 1. The van der Waals surface area contributed by atoms with E-state index in [-0.39, 0.29) is 19.0 Å². The Balaban J connectivity index is 0. The second-order valence-corrected chi connectivity index (χ2v) is 1.99. The molecule has 84 valence electrons. The summed E-state index contributed by atoms with van der Waals surface area (Å²) in [6.45, 7) is 3.75. The van der Waals surface area contributed by atoms with Gasteiger partial charge in [0.25, 0.3) is 0 Å². The van der Waals surface area contributed by atoms with Crippen molar-refractivity contribution in [3.63, 3.8) is 0 Å². The minimum absolute atomic E-state index is 0.0278. The minimum Gasteiger partial charge on any atom is -0.490 e. The summed E-state index contributed by atoms with van der Waals surface area (Å²) >= 11 is 0. The van der Waals surface area contributed by atoms with Gasteiger partial charge in [0.2, 0.25) is 0 Å². The van der Waals surface area contributed by atoms with Gasteiger partial charge in [-0.05, 0) is 6.58 Å². The van der Waals surface area contributed by atoms with Crippen molar-refractivity contribution in [2.75, 3.05) is 33.5 Å². The highest BCUT2D eigenvalue weighted by Gasteiger charge is 1.98. The van der Waals surface area contributed by atoms with E-state index in [1.807, 2.05) is 0 Å². The molecular formula is C8H16O6. The molecular weight excluding hydrogens is 192 g/mol. The van der Waals surface area contributed by atoms with Gasteiger partial charge in [-0.2, -0.15) is 0 Å². The number of rotatable bonds is 6. The molecule has 0 aliphatic carbocycles. The molecule has 0 aromatic carbocycles. The van der Waals surface area contributed by atoms with E-state index in [4.69, 9.17) is 15.3 Å². The maximum atomic E-state index is 9.71. The highest BCUT2D eigenvalue weighted by molar-refractivity contribution is 5.83. The first kappa shape index (κ1) is 15.4. The largest absolute Gasteiger partial charge is 0.490 e. The van der Waals surface area contributed by atoms with Gasteiger partial charge in [-0.1, -0.05) is 0 Å². The minimum atomic E-state index is -1.12. The number of carbonyl (C=O) groups is 1. The zero-order chi connectivity index (χ0) is 11.4. The second kappa shape index (κ2) is 11.9. The van der Waals surface area contributed by atoms with Crippen molar-refractivity contribution in [3.05, 3.63) is 12.3 Å². The Bertz CT molecular complexity index is 152. The zero-order valence-corrected chi connectivity index (χ0v) is 8.10. The summed E-state index contributed by atoms with van der Waals surface area (Å²) in [5.41, 5.74) is 0. The Morgan fingerprint density at radius 2 is 1.71 bits per heavy atom. The molecule has 14 heavy (non-hydrogen) atoms. The highest BCUT2D eigenvalue weighted by Crippen LogP contribution is 1.86. The van der Waals surface area contributed by atoms with Crippen molar-refractivity contribution in [2.24, 2.45) is 0 Å². The second-order valence-electron chi connectivity index (χ2n) is 1.99. The van der Waals surface area contributed by atoms with E-state index >= 15 is 0 Å². The molecule has 0 spiro atoms. The van der Waals surface area contributed by atoms with Gasteiger partial charge >= 0.3 is 5.97 Å². The molecule has 0 aromatic heterocycles. The lowest BCUT2D eigenvalue weighted by Gasteiger charge is -1.94. The number of aliphatic carboxylic acids is 1. The molecule has 0 radical (unpaired) electrons. The number of aliphatic hydroxyl groups excluding tert-OH is 2. The van der Waals surface area contributed by atoms with Crippen LogP contribution in [0.25, 0.3) is 0 Å². The van der Waals surface area contributed by atoms with Crippen LogP contribution in [0.2, 0.25) is 0 Å². The van der Waals surface area contributed by atoms with Crippen molar-refractivity contribution in [1.29, 1.82) is 0 Å². The molecule has 0 aliphatic heterocycles. The van der Waals surface area contributed by atoms with E-state index < -0.39 is 5.97 Å². The maximum absolute atomic E-state index is 9.71. The Kier molecular flexibility index (Phi) is 13.1. The fourth-order valence-electron chi connectivity index (χ4n) is 0.318. The van der Waals surface area contributed by atoms with E-state index in [1.165, 1.54) is 7.11 Å². The zero-order valence-electron chi connectivity index (χ0n) is 8.10. The van der Waals surface area contributed by atoms with E-state index in [2.05, 4.69) is 16.1 Å². The summed E-state index contributed by atoms with van der Waals surface area (Å²) in [6.07, 6.45) is 0. The topological polar surface area (TPSA) is 96.2 Å². The standard InChI is InChI=1S/C4H6O3.C4H10O3/c1-3(7-2)4(5)6;5-1-3-7-4-2-6/h1H2,2H3,(H,5,6);5-6H,1-4H2. The molecule has 6 nitrogen and oxygen atoms in total. The summed E-state index contributed by atoms with van der Waals surface area (Å²) in [4.78, 5) is 9.71. The predicted octanol–water partition coefficient (Wildman–Crippen LogP) is -0.781. The van der Waals surface area contributed by atoms with Gasteiger partial charge in [0.15, 0.2) is 5.76 Å². The molecule has 0 fully saturated rings. The first-order valence-electron chi connectivity index (χ1n) is 3.85. The molecule has 3 N–H and O–H groups in total. The van der Waals surface area contributed by atoms with E-state index in [0.29, 0.717) is 13.2 Å². The lowest BCUT2D eigenvalue weighted by Crippen LogP contribution is -2.03. The van der Waals surface area contributed by atoms with Crippen LogP contribution in [0.3, 0.4) is 0 Å². The predicted molar refractivity (Wildman–Crippen MR) is 48.8 cm³/mol. The van der Waals surface area contributed by atoms with Gasteiger partial charge in [0.1, 0.15) is 0 Å². The molecule has 0 bridgehead atoms. The Labute approximate surface area is 82.4 Å². The molecule has 0 unspecified atom stereocenters. The lowest BCUT2D eigenvalue weighted by molar-refractivity contribution is -0.136. The average Bonchev–Trinajstić information content (AvgIpc) is 2.18. The average molecular weight is 208 g/mol. The van der Waals surface area contributed by atoms with Crippen LogP contribution < -0.4 is 0 Å². The number of carboxylic acid groups (broad SMARTS) is 1. The van der Waals surface area contributed by atoms with Crippen LogP contribution in [-0.2, 0) is 14.3 Å². The summed E-state index contributed by atoms with van der Waals surface area (Å²) in [6, 6.07) is 0. The highest BCUT2D eigenvalue weighted by atomic mass is 16.5. The third-order valence-electron chi connectivity index (χ3n) is 0.956. The molecule has 0 aliphatic rings. The van der Waals surface area contributed by atoms with Gasteiger partial charge in [-0.3, -0.25) is 0 Å². The monoisotopic (exact) mass is 208 g/mol. The third kappa shape index (κ3) is 13.5. The van der Waals surface area contributed by atoms with Gasteiger partial charge < -0.3 is 24.8 Å². The third-order valence-corrected chi connectivity index (χ3v) is 0.956. The first-order valence-corrected chi connectivity index (χ1v) is 3.85. The molecule has 0 atom stereocenters. The molecule has 0 amide bonds. The Morgan fingerprint density at radius 1 is 1.29 bits per heavy atom. The van der Waals surface area contributed by atoms with Gasteiger partial charge in [-0.25, -0.2) is 4.79 Å². The van der Waals surface area contributed by atoms with Crippen LogP contribution in [0, 0.1) is 0 Å². The molecule has 0 saturated heterocycles. The fraction of sp³-hybridized carbons (Fsp3) is 0.625. The van der Waals surface area contributed by atoms with Crippen LogP contribution in [0.1, 0.15) is 0 Å². The smallest absolute Gasteiger partial charge is 0.370 e. The van der Waals surface area contributed by atoms with Crippen LogP contribution in [0.5, 0.6) is 0 Å². The quantitative estimate of drug-likeness (QED) is 0.301. The van der Waals surface area contributed by atoms with E-state index in [9.17, 15) is 4.79 Å². The van der Waals surface area contributed by atoms with E-state index in [0.717, 1.165) is 0 Å². The first-order chi connectivity index (χ1) is 6.59. The molecule has 0 heterocycles.